The second kappa shape index (κ2) is 8.87. The number of urea groups is 1. The van der Waals surface area contributed by atoms with Crippen LogP contribution in [0.1, 0.15) is 51.4 Å². The minimum Gasteiger partial charge on any atom is -0.460 e. The molecule has 120 valence electrons. The second-order valence-corrected chi connectivity index (χ2v) is 5.81. The van der Waals surface area contributed by atoms with Crippen molar-refractivity contribution in [3.05, 3.63) is 0 Å². The Balaban J connectivity index is 1.48. The molecule has 1 aliphatic carbocycles. The van der Waals surface area contributed by atoms with Crippen molar-refractivity contribution in [1.82, 2.24) is 10.6 Å². The van der Waals surface area contributed by atoms with Crippen molar-refractivity contribution in [2.45, 2.75) is 63.5 Å². The molecule has 0 bridgehead atoms. The number of nitrogens with one attached hydrogen (secondary N) is 2. The molecule has 2 fully saturated rings. The molecule has 2 N–H and O–H groups in total. The van der Waals surface area contributed by atoms with Crippen LogP contribution in [0.2, 0.25) is 0 Å². The van der Waals surface area contributed by atoms with Gasteiger partial charge in [-0.15, -0.1) is 0 Å². The Bertz CT molecular complexity index is 337. The van der Waals surface area contributed by atoms with Gasteiger partial charge in [0.2, 0.25) is 0 Å². The lowest BCUT2D eigenvalue weighted by Crippen LogP contribution is -2.43. The number of carbonyl (C=O) groups excluding carboxylic acids is 2. The predicted octanol–water partition coefficient (Wildman–Crippen LogP) is 1.73. The predicted molar refractivity (Wildman–Crippen MR) is 78.0 cm³/mol. The van der Waals surface area contributed by atoms with E-state index in [9.17, 15) is 9.59 Å². The van der Waals surface area contributed by atoms with Crippen LogP contribution in [0.3, 0.4) is 0 Å². The summed E-state index contributed by atoms with van der Waals surface area (Å²) in [5.74, 6) is -0.208. The SMILES string of the molecule is O=C(NCCCC(=O)OC1CCOC1)NC1CCCCC1. The molecule has 2 amide bonds. The Morgan fingerprint density at radius 3 is 2.67 bits per heavy atom. The highest BCUT2D eigenvalue weighted by atomic mass is 16.6. The molecule has 0 spiro atoms. The summed E-state index contributed by atoms with van der Waals surface area (Å²) >= 11 is 0. The van der Waals surface area contributed by atoms with Gasteiger partial charge >= 0.3 is 12.0 Å². The van der Waals surface area contributed by atoms with Crippen molar-refractivity contribution < 1.29 is 19.1 Å². The van der Waals surface area contributed by atoms with Gasteiger partial charge in [-0.25, -0.2) is 4.79 Å². The van der Waals surface area contributed by atoms with Crippen LogP contribution in [0.25, 0.3) is 0 Å². The monoisotopic (exact) mass is 298 g/mol. The van der Waals surface area contributed by atoms with E-state index in [2.05, 4.69) is 10.6 Å². The molecular formula is C15H26N2O4. The maximum Gasteiger partial charge on any atom is 0.315 e. The lowest BCUT2D eigenvalue weighted by atomic mass is 9.96. The first kappa shape index (κ1) is 16.1. The number of esters is 1. The molecule has 1 saturated heterocycles. The van der Waals surface area contributed by atoms with Gasteiger partial charge < -0.3 is 20.1 Å². The molecule has 1 atom stereocenters. The standard InChI is InChI=1S/C15H26N2O4/c18-14(21-13-8-10-20-11-13)7-4-9-16-15(19)17-12-5-2-1-3-6-12/h12-13H,1-11H2,(H2,16,17,19). The fourth-order valence-electron chi connectivity index (χ4n) is 2.77. The van der Waals surface area contributed by atoms with Gasteiger partial charge in [0.25, 0.3) is 0 Å². The largest absolute Gasteiger partial charge is 0.460 e. The maximum atomic E-state index is 11.7. The summed E-state index contributed by atoms with van der Waals surface area (Å²) in [4.78, 5) is 23.2. The highest BCUT2D eigenvalue weighted by Gasteiger charge is 2.19. The molecule has 1 aliphatic heterocycles. The van der Waals surface area contributed by atoms with Crippen LogP contribution in [-0.4, -0.2) is 43.9 Å². The van der Waals surface area contributed by atoms with Crippen molar-refractivity contribution in [2.24, 2.45) is 0 Å². The summed E-state index contributed by atoms with van der Waals surface area (Å²) in [7, 11) is 0. The summed E-state index contributed by atoms with van der Waals surface area (Å²) in [6, 6.07) is 0.186. The van der Waals surface area contributed by atoms with Crippen molar-refractivity contribution >= 4 is 12.0 Å². The Hall–Kier alpha value is -1.30. The summed E-state index contributed by atoms with van der Waals surface area (Å²) in [6.07, 6.45) is 7.45. The van der Waals surface area contributed by atoms with Crippen molar-refractivity contribution in [3.63, 3.8) is 0 Å². The highest BCUT2D eigenvalue weighted by molar-refractivity contribution is 5.74. The number of rotatable bonds is 6. The first-order valence-corrected chi connectivity index (χ1v) is 8.05. The first-order valence-electron chi connectivity index (χ1n) is 8.05. The minimum atomic E-state index is -0.208. The van der Waals surface area contributed by atoms with E-state index < -0.39 is 0 Å². The smallest absolute Gasteiger partial charge is 0.315 e. The van der Waals surface area contributed by atoms with Crippen LogP contribution in [0.5, 0.6) is 0 Å². The van der Waals surface area contributed by atoms with E-state index in [0.717, 1.165) is 19.3 Å². The average Bonchev–Trinajstić information content (AvgIpc) is 2.97. The zero-order valence-electron chi connectivity index (χ0n) is 12.6. The minimum absolute atomic E-state index is 0.0833. The van der Waals surface area contributed by atoms with Gasteiger partial charge in [0, 0.05) is 25.4 Å². The molecule has 6 heteroatoms. The lowest BCUT2D eigenvalue weighted by Gasteiger charge is -2.22. The van der Waals surface area contributed by atoms with Gasteiger partial charge in [0.1, 0.15) is 6.10 Å². The third-order valence-corrected chi connectivity index (χ3v) is 3.97. The Labute approximate surface area is 125 Å². The van der Waals surface area contributed by atoms with Crippen molar-refractivity contribution in [1.29, 1.82) is 0 Å². The van der Waals surface area contributed by atoms with Crippen LogP contribution in [-0.2, 0) is 14.3 Å². The number of hydrogen-bond donors (Lipinski definition) is 2. The zero-order valence-corrected chi connectivity index (χ0v) is 12.6. The third-order valence-electron chi connectivity index (χ3n) is 3.97. The van der Waals surface area contributed by atoms with Crippen LogP contribution in [0, 0.1) is 0 Å². The van der Waals surface area contributed by atoms with Gasteiger partial charge in [0.05, 0.1) is 13.2 Å². The second-order valence-electron chi connectivity index (χ2n) is 5.81. The quantitative estimate of drug-likeness (QED) is 0.578. The van der Waals surface area contributed by atoms with Crippen molar-refractivity contribution in [3.8, 4) is 0 Å². The van der Waals surface area contributed by atoms with Gasteiger partial charge in [-0.05, 0) is 19.3 Å². The lowest BCUT2D eigenvalue weighted by molar-refractivity contribution is -0.149. The van der Waals surface area contributed by atoms with E-state index in [-0.39, 0.29) is 18.1 Å². The summed E-state index contributed by atoms with van der Waals surface area (Å²) in [5, 5.41) is 5.78. The topological polar surface area (TPSA) is 76.7 Å². The van der Waals surface area contributed by atoms with E-state index in [0.29, 0.717) is 38.6 Å². The van der Waals surface area contributed by atoms with E-state index in [4.69, 9.17) is 9.47 Å². The number of hydrogen-bond acceptors (Lipinski definition) is 4. The molecule has 0 radical (unpaired) electrons. The highest BCUT2D eigenvalue weighted by Crippen LogP contribution is 2.17. The number of carbonyl (C=O) groups is 2. The molecule has 0 aromatic heterocycles. The van der Waals surface area contributed by atoms with Gasteiger partial charge in [-0.2, -0.15) is 0 Å². The van der Waals surface area contributed by atoms with Crippen molar-refractivity contribution in [2.75, 3.05) is 19.8 Å². The molecule has 1 unspecified atom stereocenters. The van der Waals surface area contributed by atoms with E-state index >= 15 is 0 Å². The fourth-order valence-corrected chi connectivity index (χ4v) is 2.77. The van der Waals surface area contributed by atoms with Crippen LogP contribution in [0.4, 0.5) is 4.79 Å². The van der Waals surface area contributed by atoms with E-state index in [1.807, 2.05) is 0 Å². The Kier molecular flexibility index (Phi) is 6.79. The molecule has 1 saturated carbocycles. The molecule has 6 nitrogen and oxygen atoms in total. The first-order chi connectivity index (χ1) is 10.2. The van der Waals surface area contributed by atoms with Crippen LogP contribution in [0.15, 0.2) is 0 Å². The Morgan fingerprint density at radius 1 is 1.14 bits per heavy atom. The number of ether oxygens (including phenoxy) is 2. The number of amides is 2. The summed E-state index contributed by atoms with van der Waals surface area (Å²) in [6.45, 7) is 1.67. The van der Waals surface area contributed by atoms with Crippen LogP contribution < -0.4 is 10.6 Å². The van der Waals surface area contributed by atoms with Gasteiger partial charge in [-0.1, -0.05) is 19.3 Å². The molecule has 2 rings (SSSR count). The third kappa shape index (κ3) is 6.33. The molecule has 0 aromatic rings. The average molecular weight is 298 g/mol. The van der Waals surface area contributed by atoms with E-state index in [1.54, 1.807) is 0 Å². The molecular weight excluding hydrogens is 272 g/mol. The van der Waals surface area contributed by atoms with Gasteiger partial charge in [-0.3, -0.25) is 4.79 Å². The molecule has 2 aliphatic rings. The summed E-state index contributed by atoms with van der Waals surface area (Å²) in [5.41, 5.74) is 0. The molecule has 1 heterocycles. The normalized spacial score (nSPS) is 22.8. The zero-order chi connectivity index (χ0) is 14.9. The van der Waals surface area contributed by atoms with Crippen LogP contribution >= 0.6 is 0 Å². The molecule has 0 aromatic carbocycles. The summed E-state index contributed by atoms with van der Waals surface area (Å²) < 4.78 is 10.4. The van der Waals surface area contributed by atoms with E-state index in [1.165, 1.54) is 19.3 Å². The maximum absolute atomic E-state index is 11.7. The van der Waals surface area contributed by atoms with Gasteiger partial charge in [0.15, 0.2) is 0 Å². The fraction of sp³-hybridized carbons (Fsp3) is 0.867. The molecule has 21 heavy (non-hydrogen) atoms. The Morgan fingerprint density at radius 2 is 1.95 bits per heavy atom.